The lowest BCUT2D eigenvalue weighted by Crippen LogP contribution is -2.50. The molecule has 0 aliphatic heterocycles. The fourth-order valence-electron chi connectivity index (χ4n) is 1.90. The topological polar surface area (TPSA) is 84.9 Å². The molecule has 22 heavy (non-hydrogen) atoms. The second-order valence-electron chi connectivity index (χ2n) is 5.96. The molecule has 0 spiro atoms. The van der Waals surface area contributed by atoms with Crippen LogP contribution >= 0.6 is 0 Å². The number of ether oxygens (including phenoxy) is 2. The number of rotatable bonds is 6. The number of hydrogen-bond donors (Lipinski definition) is 2. The van der Waals surface area contributed by atoms with Gasteiger partial charge in [0.15, 0.2) is 6.04 Å². The maximum atomic E-state index is 11.7. The highest BCUT2D eigenvalue weighted by molar-refractivity contribution is 5.80. The van der Waals surface area contributed by atoms with Gasteiger partial charge in [-0.3, -0.25) is 0 Å². The first-order chi connectivity index (χ1) is 10.2. The van der Waals surface area contributed by atoms with Gasteiger partial charge < -0.3 is 19.9 Å². The smallest absolute Gasteiger partial charge is 0.408 e. The van der Waals surface area contributed by atoms with E-state index in [9.17, 15) is 14.7 Å². The molecule has 0 fully saturated rings. The van der Waals surface area contributed by atoms with Crippen molar-refractivity contribution in [2.75, 3.05) is 0 Å². The molecule has 122 valence electrons. The van der Waals surface area contributed by atoms with Crippen LogP contribution in [0.5, 0.6) is 0 Å². The quantitative estimate of drug-likeness (QED) is 0.843. The lowest BCUT2D eigenvalue weighted by atomic mass is 10.1. The highest BCUT2D eigenvalue weighted by atomic mass is 16.6. The summed E-state index contributed by atoms with van der Waals surface area (Å²) in [6.07, 6.45) is -1.48. The largest absolute Gasteiger partial charge is 0.480 e. The molecule has 0 saturated carbocycles. The minimum Gasteiger partial charge on any atom is -0.480 e. The average Bonchev–Trinajstić information content (AvgIpc) is 2.41. The number of amides is 1. The van der Waals surface area contributed by atoms with Crippen molar-refractivity contribution in [1.29, 1.82) is 0 Å². The van der Waals surface area contributed by atoms with Crippen molar-refractivity contribution in [2.45, 2.75) is 52.0 Å². The SMILES string of the molecule is C[C@@H](OC(C)(C)C)[C@H](NC(=O)OCc1ccccc1)C(=O)O. The molecular weight excluding hydrogens is 286 g/mol. The zero-order chi connectivity index (χ0) is 16.8. The Bertz CT molecular complexity index is 495. The van der Waals surface area contributed by atoms with Gasteiger partial charge in [0.25, 0.3) is 0 Å². The van der Waals surface area contributed by atoms with E-state index in [1.807, 2.05) is 51.1 Å². The molecule has 6 nitrogen and oxygen atoms in total. The zero-order valence-corrected chi connectivity index (χ0v) is 13.3. The van der Waals surface area contributed by atoms with Crippen LogP contribution in [-0.4, -0.2) is 34.9 Å². The molecular formula is C16H23NO5. The van der Waals surface area contributed by atoms with Crippen molar-refractivity contribution in [1.82, 2.24) is 5.32 Å². The number of nitrogens with one attached hydrogen (secondary N) is 1. The molecule has 1 amide bonds. The Balaban J connectivity index is 2.55. The second-order valence-corrected chi connectivity index (χ2v) is 5.96. The standard InChI is InChI=1S/C16H23NO5/c1-11(22-16(2,3)4)13(14(18)19)17-15(20)21-10-12-8-6-5-7-9-12/h5-9,11,13H,10H2,1-4H3,(H,17,20)(H,18,19)/t11-,13+/m1/s1. The van der Waals surface area contributed by atoms with E-state index in [2.05, 4.69) is 5.32 Å². The summed E-state index contributed by atoms with van der Waals surface area (Å²) in [5, 5.41) is 11.5. The summed E-state index contributed by atoms with van der Waals surface area (Å²) in [7, 11) is 0. The molecule has 6 heteroatoms. The fraction of sp³-hybridized carbons (Fsp3) is 0.500. The van der Waals surface area contributed by atoms with E-state index in [1.54, 1.807) is 6.92 Å². The molecule has 2 N–H and O–H groups in total. The van der Waals surface area contributed by atoms with Gasteiger partial charge in [-0.05, 0) is 33.3 Å². The third kappa shape index (κ3) is 6.58. The molecule has 0 saturated heterocycles. The molecule has 0 heterocycles. The van der Waals surface area contributed by atoms with Gasteiger partial charge in [-0.2, -0.15) is 0 Å². The number of carbonyl (C=O) groups excluding carboxylic acids is 1. The van der Waals surface area contributed by atoms with Crippen LogP contribution in [0.1, 0.15) is 33.3 Å². The maximum Gasteiger partial charge on any atom is 0.408 e. The van der Waals surface area contributed by atoms with E-state index in [1.165, 1.54) is 0 Å². The summed E-state index contributed by atoms with van der Waals surface area (Å²) in [6, 6.07) is 7.96. The molecule has 0 aliphatic rings. The van der Waals surface area contributed by atoms with Gasteiger partial charge in [0.1, 0.15) is 6.61 Å². The Morgan fingerprint density at radius 1 is 1.23 bits per heavy atom. The van der Waals surface area contributed by atoms with Crippen molar-refractivity contribution in [3.63, 3.8) is 0 Å². The van der Waals surface area contributed by atoms with Crippen LogP contribution in [0.4, 0.5) is 4.79 Å². The molecule has 0 bridgehead atoms. The number of benzene rings is 1. The number of hydrogen-bond acceptors (Lipinski definition) is 4. The molecule has 0 aliphatic carbocycles. The summed E-state index contributed by atoms with van der Waals surface area (Å²) >= 11 is 0. The van der Waals surface area contributed by atoms with Gasteiger partial charge in [-0.25, -0.2) is 9.59 Å². The van der Waals surface area contributed by atoms with Crippen molar-refractivity contribution in [2.24, 2.45) is 0 Å². The molecule has 1 rings (SSSR count). The van der Waals surface area contributed by atoms with Crippen molar-refractivity contribution < 1.29 is 24.2 Å². The molecule has 1 aromatic rings. The Morgan fingerprint density at radius 3 is 2.32 bits per heavy atom. The third-order valence-corrected chi connectivity index (χ3v) is 2.76. The fourth-order valence-corrected chi connectivity index (χ4v) is 1.90. The normalized spacial score (nSPS) is 14.0. The van der Waals surface area contributed by atoms with E-state index in [-0.39, 0.29) is 6.61 Å². The average molecular weight is 309 g/mol. The molecule has 0 aromatic heterocycles. The van der Waals surface area contributed by atoms with Gasteiger partial charge in [-0.15, -0.1) is 0 Å². The Labute approximate surface area is 130 Å². The van der Waals surface area contributed by atoms with Crippen LogP contribution < -0.4 is 5.32 Å². The monoisotopic (exact) mass is 309 g/mol. The van der Waals surface area contributed by atoms with Crippen LogP contribution in [-0.2, 0) is 20.9 Å². The summed E-state index contributed by atoms with van der Waals surface area (Å²) in [5.41, 5.74) is 0.312. The van der Waals surface area contributed by atoms with Crippen molar-refractivity contribution in [3.05, 3.63) is 35.9 Å². The molecule has 1 aromatic carbocycles. The summed E-state index contributed by atoms with van der Waals surface area (Å²) < 4.78 is 10.6. The number of aliphatic carboxylic acids is 1. The summed E-state index contributed by atoms with van der Waals surface area (Å²) in [4.78, 5) is 23.0. The lowest BCUT2D eigenvalue weighted by molar-refractivity contribution is -0.147. The summed E-state index contributed by atoms with van der Waals surface area (Å²) in [5.74, 6) is -1.17. The molecule has 0 unspecified atom stereocenters. The van der Waals surface area contributed by atoms with Crippen LogP contribution in [0.25, 0.3) is 0 Å². The van der Waals surface area contributed by atoms with Crippen LogP contribution in [0, 0.1) is 0 Å². The summed E-state index contributed by atoms with van der Waals surface area (Å²) in [6.45, 7) is 7.12. The minimum absolute atomic E-state index is 0.0769. The highest BCUT2D eigenvalue weighted by Gasteiger charge is 2.30. The van der Waals surface area contributed by atoms with Gasteiger partial charge in [0, 0.05) is 0 Å². The first-order valence-corrected chi connectivity index (χ1v) is 7.07. The van der Waals surface area contributed by atoms with Crippen molar-refractivity contribution >= 4 is 12.1 Å². The van der Waals surface area contributed by atoms with E-state index in [0.717, 1.165) is 5.56 Å². The minimum atomic E-state index is -1.18. The number of carboxylic acids is 1. The van der Waals surface area contributed by atoms with Gasteiger partial charge in [0.2, 0.25) is 0 Å². The van der Waals surface area contributed by atoms with E-state index in [0.29, 0.717) is 0 Å². The van der Waals surface area contributed by atoms with Gasteiger partial charge >= 0.3 is 12.1 Å². The predicted octanol–water partition coefficient (Wildman–Crippen LogP) is 2.57. The van der Waals surface area contributed by atoms with Crippen LogP contribution in [0.3, 0.4) is 0 Å². The number of carbonyl (C=O) groups is 2. The maximum absolute atomic E-state index is 11.7. The molecule has 0 radical (unpaired) electrons. The van der Waals surface area contributed by atoms with Crippen LogP contribution in [0.2, 0.25) is 0 Å². The van der Waals surface area contributed by atoms with Crippen LogP contribution in [0.15, 0.2) is 30.3 Å². The Morgan fingerprint density at radius 2 is 1.82 bits per heavy atom. The molecule has 2 atom stereocenters. The predicted molar refractivity (Wildman–Crippen MR) is 81.5 cm³/mol. The van der Waals surface area contributed by atoms with Gasteiger partial charge in [0.05, 0.1) is 11.7 Å². The highest BCUT2D eigenvalue weighted by Crippen LogP contribution is 2.13. The zero-order valence-electron chi connectivity index (χ0n) is 13.3. The third-order valence-electron chi connectivity index (χ3n) is 2.76. The Kier molecular flexibility index (Phi) is 6.37. The number of alkyl carbamates (subject to hydrolysis) is 1. The van der Waals surface area contributed by atoms with E-state index in [4.69, 9.17) is 9.47 Å². The lowest BCUT2D eigenvalue weighted by Gasteiger charge is -2.29. The second kappa shape index (κ2) is 7.79. The van der Waals surface area contributed by atoms with E-state index >= 15 is 0 Å². The van der Waals surface area contributed by atoms with E-state index < -0.39 is 29.8 Å². The Hall–Kier alpha value is -2.08. The first kappa shape index (κ1) is 18.0. The number of carboxylic acid groups (broad SMARTS) is 1. The van der Waals surface area contributed by atoms with Gasteiger partial charge in [-0.1, -0.05) is 30.3 Å². The first-order valence-electron chi connectivity index (χ1n) is 7.07. The van der Waals surface area contributed by atoms with Crippen molar-refractivity contribution in [3.8, 4) is 0 Å².